The maximum absolute atomic E-state index is 5.19. The first kappa shape index (κ1) is 5.38. The van der Waals surface area contributed by atoms with Crippen LogP contribution in [-0.2, 0) is 0 Å². The fraction of sp³-hybridized carbons (Fsp3) is 0.333. The van der Waals surface area contributed by atoms with Crippen LogP contribution in [0.5, 0.6) is 0 Å². The molecule has 0 heterocycles. The highest BCUT2D eigenvalue weighted by Gasteiger charge is 1.72. The molecule has 0 amide bonds. The Balaban J connectivity index is 2.85. The zero-order valence-corrected chi connectivity index (χ0v) is 4.39. The van der Waals surface area contributed by atoms with Gasteiger partial charge in [0.2, 0.25) is 0 Å². The van der Waals surface area contributed by atoms with Crippen LogP contribution < -0.4 is 0 Å². The van der Waals surface area contributed by atoms with Gasteiger partial charge in [-0.05, 0) is 0 Å². The smallest absolute Gasteiger partial charge is 0.0256 e. The second-order valence-electron chi connectivity index (χ2n) is 0.675. The zero-order chi connectivity index (χ0) is 4.28. The molecular weight excluding hydrogens is 104 g/mol. The fourth-order valence-corrected chi connectivity index (χ4v) is 0. The Morgan fingerprint density at radius 1 is 2.00 bits per heavy atom. The first-order chi connectivity index (χ1) is 2.27. The van der Waals surface area contributed by atoms with E-state index < -0.39 is 0 Å². The van der Waals surface area contributed by atoms with E-state index in [0.717, 1.165) is 0 Å². The lowest BCUT2D eigenvalue weighted by Crippen LogP contribution is -1.61. The quantitative estimate of drug-likeness (QED) is 0.486. The van der Waals surface area contributed by atoms with Gasteiger partial charge in [-0.3, -0.25) is 0 Å². The molecule has 0 aliphatic heterocycles. The van der Waals surface area contributed by atoms with Gasteiger partial charge in [0.25, 0.3) is 0 Å². The molecule has 0 aromatic rings. The monoisotopic (exact) mass is 108 g/mol. The van der Waals surface area contributed by atoms with Crippen molar-refractivity contribution in [1.82, 2.24) is 0 Å². The van der Waals surface area contributed by atoms with E-state index in [0.29, 0.717) is 10.8 Å². The summed E-state index contributed by atoms with van der Waals surface area (Å²) >= 11 is 8.98. The van der Waals surface area contributed by atoms with Gasteiger partial charge < -0.3 is 0 Å². The summed E-state index contributed by atoms with van der Waals surface area (Å²) in [5.74, 6) is 0.571. The van der Waals surface area contributed by atoms with Crippen LogP contribution >= 0.6 is 24.2 Å². The van der Waals surface area contributed by atoms with Crippen LogP contribution in [0.1, 0.15) is 0 Å². The topological polar surface area (TPSA) is 0 Å². The molecule has 0 unspecified atom stereocenters. The summed E-state index contributed by atoms with van der Waals surface area (Å²) in [5, 5.41) is 0.591. The molecule has 0 aromatic carbocycles. The maximum atomic E-state index is 5.19. The molecule has 0 aromatic heterocycles. The van der Waals surface area contributed by atoms with Crippen molar-refractivity contribution < 1.29 is 0 Å². The number of rotatable bonds is 1. The van der Waals surface area contributed by atoms with Crippen molar-refractivity contribution in [3.8, 4) is 0 Å². The molecular formula is C3H5ClS. The molecule has 0 aliphatic rings. The van der Waals surface area contributed by atoms with Crippen molar-refractivity contribution in [3.05, 3.63) is 11.6 Å². The zero-order valence-electron chi connectivity index (χ0n) is 2.74. The maximum Gasteiger partial charge on any atom is 0.0256 e. The fourth-order valence-electron chi connectivity index (χ4n) is 0. The van der Waals surface area contributed by atoms with Crippen LogP contribution in [0.25, 0.3) is 0 Å². The Labute approximate surface area is 42.2 Å². The molecule has 0 atom stereocenters. The van der Waals surface area contributed by atoms with Crippen molar-refractivity contribution in [2.75, 3.05) is 5.75 Å². The molecule has 0 nitrogen and oxygen atoms in total. The second-order valence-corrected chi connectivity index (χ2v) is 1.53. The summed E-state index contributed by atoms with van der Waals surface area (Å²) < 4.78 is 0. The Hall–Kier alpha value is 0.380. The van der Waals surface area contributed by atoms with Gasteiger partial charge in [-0.25, -0.2) is 0 Å². The average molecular weight is 109 g/mol. The predicted molar refractivity (Wildman–Crippen MR) is 28.8 cm³/mol. The molecule has 0 spiro atoms. The van der Waals surface area contributed by atoms with Crippen LogP contribution in [0, 0.1) is 0 Å². The molecule has 0 N–H and O–H groups in total. The number of halogens is 1. The summed E-state index contributed by atoms with van der Waals surface area (Å²) in [6.07, 6.45) is 0. The lowest BCUT2D eigenvalue weighted by molar-refractivity contribution is 1.76. The van der Waals surface area contributed by atoms with E-state index in [1.54, 1.807) is 0 Å². The van der Waals surface area contributed by atoms with Gasteiger partial charge in [0.1, 0.15) is 0 Å². The third kappa shape index (κ3) is 4.38. The Morgan fingerprint density at radius 3 is 2.20 bits per heavy atom. The molecule has 0 saturated heterocycles. The van der Waals surface area contributed by atoms with Crippen LogP contribution in [0.15, 0.2) is 11.6 Å². The van der Waals surface area contributed by atoms with E-state index in [1.807, 2.05) is 0 Å². The third-order valence-corrected chi connectivity index (χ3v) is 0.873. The third-order valence-electron chi connectivity index (χ3n) is 0.172. The number of hydrogen-bond donors (Lipinski definition) is 1. The van der Waals surface area contributed by atoms with Gasteiger partial charge >= 0.3 is 0 Å². The van der Waals surface area contributed by atoms with Crippen molar-refractivity contribution in [1.29, 1.82) is 0 Å². The molecule has 5 heavy (non-hydrogen) atoms. The van der Waals surface area contributed by atoms with Gasteiger partial charge in [-0.1, -0.05) is 18.2 Å². The van der Waals surface area contributed by atoms with E-state index >= 15 is 0 Å². The Bertz CT molecular complexity index is 42.2. The molecule has 0 fully saturated rings. The molecule has 2 heteroatoms. The predicted octanol–water partition coefficient (Wildman–Crippen LogP) is 1.67. The molecule has 0 radical (unpaired) electrons. The minimum absolute atomic E-state index is 0.571. The second kappa shape index (κ2) is 2.61. The van der Waals surface area contributed by atoms with Gasteiger partial charge in [0.15, 0.2) is 0 Å². The summed E-state index contributed by atoms with van der Waals surface area (Å²) in [4.78, 5) is 0. The highest BCUT2D eigenvalue weighted by molar-refractivity contribution is 7.80. The van der Waals surface area contributed by atoms with Gasteiger partial charge in [-0.2, -0.15) is 12.6 Å². The summed E-state index contributed by atoms with van der Waals surface area (Å²) in [7, 11) is 0. The van der Waals surface area contributed by atoms with Gasteiger partial charge in [-0.15, -0.1) is 0 Å². The van der Waals surface area contributed by atoms with Crippen molar-refractivity contribution in [3.63, 3.8) is 0 Å². The average Bonchev–Trinajstić information content (AvgIpc) is 1.38. The standard InChI is InChI=1S/C3H5ClS/c1-3(4)2-5/h5H,1-2H2. The van der Waals surface area contributed by atoms with E-state index in [-0.39, 0.29) is 0 Å². The number of thiol groups is 1. The van der Waals surface area contributed by atoms with E-state index in [1.165, 1.54) is 0 Å². The summed E-state index contributed by atoms with van der Waals surface area (Å²) in [6.45, 7) is 3.36. The first-order valence-electron chi connectivity index (χ1n) is 1.21. The highest BCUT2D eigenvalue weighted by Crippen LogP contribution is 1.95. The van der Waals surface area contributed by atoms with Crippen molar-refractivity contribution >= 4 is 24.2 Å². The Morgan fingerprint density at radius 2 is 2.20 bits per heavy atom. The first-order valence-corrected chi connectivity index (χ1v) is 2.22. The van der Waals surface area contributed by atoms with Crippen LogP contribution in [-0.4, -0.2) is 5.75 Å². The minimum atomic E-state index is 0.571. The molecule has 30 valence electrons. The van der Waals surface area contributed by atoms with Gasteiger partial charge in [0, 0.05) is 10.8 Å². The molecule has 0 rings (SSSR count). The molecule has 0 aliphatic carbocycles. The van der Waals surface area contributed by atoms with Gasteiger partial charge in [0.05, 0.1) is 0 Å². The molecule has 0 bridgehead atoms. The van der Waals surface area contributed by atoms with Crippen molar-refractivity contribution in [2.45, 2.75) is 0 Å². The van der Waals surface area contributed by atoms with E-state index in [4.69, 9.17) is 11.6 Å². The largest absolute Gasteiger partial charge is 0.174 e. The van der Waals surface area contributed by atoms with Crippen molar-refractivity contribution in [2.24, 2.45) is 0 Å². The van der Waals surface area contributed by atoms with E-state index in [2.05, 4.69) is 19.2 Å². The normalized spacial score (nSPS) is 7.60. The minimum Gasteiger partial charge on any atom is -0.174 e. The molecule has 0 saturated carbocycles. The van der Waals surface area contributed by atoms with Crippen LogP contribution in [0.2, 0.25) is 0 Å². The van der Waals surface area contributed by atoms with E-state index in [9.17, 15) is 0 Å². The highest BCUT2D eigenvalue weighted by atomic mass is 35.5. The summed E-state index contributed by atoms with van der Waals surface area (Å²) in [5.41, 5.74) is 0. The SMILES string of the molecule is C=C(Cl)CS. The lowest BCUT2D eigenvalue weighted by Gasteiger charge is -1.75. The van der Waals surface area contributed by atoms with Crippen LogP contribution in [0.3, 0.4) is 0 Å². The van der Waals surface area contributed by atoms with Crippen LogP contribution in [0.4, 0.5) is 0 Å². The summed E-state index contributed by atoms with van der Waals surface area (Å²) in [6, 6.07) is 0. The Kier molecular flexibility index (Phi) is 2.81. The lowest BCUT2D eigenvalue weighted by atomic mass is 10.8. The number of hydrogen-bond acceptors (Lipinski definition) is 1.